The van der Waals surface area contributed by atoms with Crippen LogP contribution in [0.5, 0.6) is 0 Å². The Balaban J connectivity index is 1.47. The minimum atomic E-state index is -4.54. The molecule has 1 fully saturated rings. The Kier molecular flexibility index (Phi) is 7.39. The predicted molar refractivity (Wildman–Crippen MR) is 151 cm³/mol. The lowest BCUT2D eigenvalue weighted by atomic mass is 9.95. The van der Waals surface area contributed by atoms with Crippen molar-refractivity contribution in [2.75, 3.05) is 38.2 Å². The Morgan fingerprint density at radius 3 is 2.60 bits per heavy atom. The van der Waals surface area contributed by atoms with E-state index in [0.717, 1.165) is 12.1 Å². The maximum absolute atomic E-state index is 13.7. The number of carbonyl (C=O) groups excluding carboxylic acids is 1. The van der Waals surface area contributed by atoms with Gasteiger partial charge >= 0.3 is 6.18 Å². The second-order valence-corrected chi connectivity index (χ2v) is 10.0. The van der Waals surface area contributed by atoms with Crippen molar-refractivity contribution in [2.24, 2.45) is 0 Å². The average molecular weight is 587 g/mol. The number of benzene rings is 2. The van der Waals surface area contributed by atoms with Crippen molar-refractivity contribution in [2.45, 2.75) is 13.1 Å². The van der Waals surface area contributed by atoms with Crippen LogP contribution in [0.4, 0.5) is 19.1 Å². The minimum absolute atomic E-state index is 0.0311. The number of hydrogen-bond donors (Lipinski definition) is 1. The van der Waals surface area contributed by atoms with Crippen LogP contribution in [0.3, 0.4) is 0 Å². The number of hydrogen-bond acceptors (Lipinski definition) is 7. The van der Waals surface area contributed by atoms with Crippen LogP contribution in [-0.4, -0.2) is 68.0 Å². The summed E-state index contributed by atoms with van der Waals surface area (Å²) in [5.74, 6) is -0.280. The van der Waals surface area contributed by atoms with Crippen LogP contribution in [0.2, 0.25) is 0 Å². The number of alkyl halides is 3. The normalized spacial score (nSPS) is 14.1. The van der Waals surface area contributed by atoms with E-state index in [-0.39, 0.29) is 24.0 Å². The van der Waals surface area contributed by atoms with Gasteiger partial charge in [-0.25, -0.2) is 9.20 Å². The molecule has 2 aromatic carbocycles. The molecule has 4 heterocycles. The minimum Gasteiger partial charge on any atom is -0.379 e. The summed E-state index contributed by atoms with van der Waals surface area (Å²) in [4.78, 5) is 19.3. The van der Waals surface area contributed by atoms with Gasteiger partial charge in [-0.1, -0.05) is 12.1 Å². The van der Waals surface area contributed by atoms with Crippen LogP contribution in [0, 0.1) is 18.3 Å². The van der Waals surface area contributed by atoms with Gasteiger partial charge in [0.25, 0.3) is 0 Å². The second kappa shape index (κ2) is 11.3. The smallest absolute Gasteiger partial charge is 0.379 e. The number of fused-ring (bicyclic) bond motifs is 1. The van der Waals surface area contributed by atoms with Crippen molar-refractivity contribution < 1.29 is 22.7 Å². The predicted octanol–water partition coefficient (Wildman–Crippen LogP) is 4.72. The molecule has 13 heteroatoms. The lowest BCUT2D eigenvalue weighted by molar-refractivity contribution is -0.137. The number of rotatable bonds is 6. The SMILES string of the molecule is Cc1c(-c2ccnn2-c2ccc(C#N)cc2)cn2nc(NC(=O)CN3CCOCC3)nc2c1-c1cccc(C(F)(F)F)c1. The standard InChI is InChI=1S/C30H25F3N8O2/c1-19-24(25-9-10-35-41(25)23-7-5-20(16-34)6-8-23)17-40-28(27(19)21-3-2-4-22(15-21)30(31,32)33)37-29(38-40)36-26(42)18-39-11-13-43-14-12-39/h2-10,15,17H,11-14,18H2,1H3,(H,36,38,42). The Morgan fingerprint density at radius 1 is 1.12 bits per heavy atom. The molecule has 10 nitrogen and oxygen atoms in total. The van der Waals surface area contributed by atoms with Gasteiger partial charge in [-0.2, -0.15) is 28.5 Å². The van der Waals surface area contributed by atoms with E-state index in [2.05, 4.69) is 26.6 Å². The molecule has 6 rings (SSSR count). The van der Waals surface area contributed by atoms with Crippen molar-refractivity contribution in [3.05, 3.63) is 83.7 Å². The first-order valence-electron chi connectivity index (χ1n) is 13.4. The summed E-state index contributed by atoms with van der Waals surface area (Å²) in [6.07, 6.45) is -1.22. The Labute approximate surface area is 243 Å². The quantitative estimate of drug-likeness (QED) is 0.306. The fourth-order valence-electron chi connectivity index (χ4n) is 5.13. The highest BCUT2D eigenvalue weighted by atomic mass is 19.4. The lowest BCUT2D eigenvalue weighted by Crippen LogP contribution is -2.41. The zero-order valence-corrected chi connectivity index (χ0v) is 23.0. The number of nitrogens with zero attached hydrogens (tertiary/aromatic N) is 7. The first-order chi connectivity index (χ1) is 20.7. The summed E-state index contributed by atoms with van der Waals surface area (Å²) in [6, 6.07) is 15.8. The topological polar surface area (TPSA) is 113 Å². The zero-order chi connectivity index (χ0) is 30.1. The van der Waals surface area contributed by atoms with E-state index < -0.39 is 11.7 Å². The van der Waals surface area contributed by atoms with Gasteiger partial charge in [0.1, 0.15) is 0 Å². The number of morpholine rings is 1. The van der Waals surface area contributed by atoms with Gasteiger partial charge in [0, 0.05) is 30.4 Å². The van der Waals surface area contributed by atoms with Crippen LogP contribution in [-0.2, 0) is 15.7 Å². The van der Waals surface area contributed by atoms with Gasteiger partial charge in [0.05, 0.1) is 54.5 Å². The molecule has 218 valence electrons. The third-order valence-corrected chi connectivity index (χ3v) is 7.25. The van der Waals surface area contributed by atoms with Gasteiger partial charge in [0.15, 0.2) is 5.65 Å². The molecular formula is C30H25F3N8O2. The summed E-state index contributed by atoms with van der Waals surface area (Å²) in [7, 11) is 0. The van der Waals surface area contributed by atoms with Crippen molar-refractivity contribution in [1.29, 1.82) is 5.26 Å². The van der Waals surface area contributed by atoms with Crippen LogP contribution < -0.4 is 5.32 Å². The van der Waals surface area contributed by atoms with Crippen molar-refractivity contribution in [3.8, 4) is 34.1 Å². The molecule has 1 aliphatic rings. The third kappa shape index (κ3) is 5.70. The molecule has 3 aromatic heterocycles. The Hall–Kier alpha value is -5.06. The molecule has 5 aromatic rings. The summed E-state index contributed by atoms with van der Waals surface area (Å²) in [5, 5.41) is 20.9. The number of pyridine rings is 1. The molecule has 1 saturated heterocycles. The van der Waals surface area contributed by atoms with E-state index in [1.165, 1.54) is 10.6 Å². The molecule has 0 spiro atoms. The largest absolute Gasteiger partial charge is 0.416 e. The van der Waals surface area contributed by atoms with E-state index in [9.17, 15) is 23.2 Å². The zero-order valence-electron chi connectivity index (χ0n) is 23.0. The van der Waals surface area contributed by atoms with E-state index in [1.54, 1.807) is 60.4 Å². The van der Waals surface area contributed by atoms with Gasteiger partial charge in [0.2, 0.25) is 11.9 Å². The van der Waals surface area contributed by atoms with E-state index in [0.29, 0.717) is 65.5 Å². The van der Waals surface area contributed by atoms with Crippen molar-refractivity contribution in [3.63, 3.8) is 0 Å². The average Bonchev–Trinajstić information content (AvgIpc) is 3.64. The second-order valence-electron chi connectivity index (χ2n) is 10.0. The van der Waals surface area contributed by atoms with Crippen molar-refractivity contribution >= 4 is 17.5 Å². The number of nitrogens with one attached hydrogen (secondary N) is 1. The van der Waals surface area contributed by atoms with Gasteiger partial charge < -0.3 is 4.74 Å². The van der Waals surface area contributed by atoms with E-state index in [1.807, 2.05) is 4.90 Å². The van der Waals surface area contributed by atoms with E-state index >= 15 is 0 Å². The number of carbonyl (C=O) groups is 1. The highest BCUT2D eigenvalue weighted by Crippen LogP contribution is 2.38. The first kappa shape index (κ1) is 28.1. The molecule has 43 heavy (non-hydrogen) atoms. The molecule has 0 radical (unpaired) electrons. The van der Waals surface area contributed by atoms with Gasteiger partial charge in [-0.3, -0.25) is 15.0 Å². The molecule has 1 aliphatic heterocycles. The van der Waals surface area contributed by atoms with Gasteiger partial charge in [-0.15, -0.1) is 5.10 Å². The van der Waals surface area contributed by atoms with Crippen LogP contribution >= 0.6 is 0 Å². The Morgan fingerprint density at radius 2 is 1.88 bits per heavy atom. The third-order valence-electron chi connectivity index (χ3n) is 7.25. The number of ether oxygens (including phenoxy) is 1. The molecule has 1 amide bonds. The molecule has 0 unspecified atom stereocenters. The van der Waals surface area contributed by atoms with Crippen LogP contribution in [0.1, 0.15) is 16.7 Å². The maximum atomic E-state index is 13.7. The van der Waals surface area contributed by atoms with Crippen LogP contribution in [0.25, 0.3) is 33.7 Å². The Bertz CT molecular complexity index is 1850. The monoisotopic (exact) mass is 586 g/mol. The molecule has 1 N–H and O–H groups in total. The first-order valence-corrected chi connectivity index (χ1v) is 13.4. The number of nitriles is 1. The summed E-state index contributed by atoms with van der Waals surface area (Å²) < 4.78 is 49.6. The van der Waals surface area contributed by atoms with Gasteiger partial charge in [-0.05, 0) is 60.5 Å². The van der Waals surface area contributed by atoms with Crippen molar-refractivity contribution in [1.82, 2.24) is 29.3 Å². The number of anilines is 1. The maximum Gasteiger partial charge on any atom is 0.416 e. The summed E-state index contributed by atoms with van der Waals surface area (Å²) in [6.45, 7) is 4.27. The lowest BCUT2D eigenvalue weighted by Gasteiger charge is -2.25. The highest BCUT2D eigenvalue weighted by Gasteiger charge is 2.31. The fourth-order valence-corrected chi connectivity index (χ4v) is 5.13. The summed E-state index contributed by atoms with van der Waals surface area (Å²) in [5.41, 5.74) is 3.31. The molecule has 0 bridgehead atoms. The molecule has 0 aliphatic carbocycles. The van der Waals surface area contributed by atoms with E-state index in [4.69, 9.17) is 4.74 Å². The molecule has 0 atom stereocenters. The number of halogens is 3. The van der Waals surface area contributed by atoms with Crippen LogP contribution in [0.15, 0.2) is 67.0 Å². The highest BCUT2D eigenvalue weighted by molar-refractivity contribution is 5.92. The summed E-state index contributed by atoms with van der Waals surface area (Å²) >= 11 is 0. The number of amides is 1. The molecular weight excluding hydrogens is 561 g/mol. The molecule has 0 saturated carbocycles. The fraction of sp³-hybridized carbons (Fsp3) is 0.233. The number of aromatic nitrogens is 5.